The van der Waals surface area contributed by atoms with Crippen LogP contribution in [0.25, 0.3) is 21.9 Å². The summed E-state index contributed by atoms with van der Waals surface area (Å²) in [7, 11) is 0. The number of rotatable bonds is 6. The van der Waals surface area contributed by atoms with Crippen molar-refractivity contribution in [3.05, 3.63) is 81.1 Å². The Hall–Kier alpha value is -3.78. The number of anilines is 1. The number of hydrogen-bond donors (Lipinski definition) is 1. The zero-order chi connectivity index (χ0) is 23.5. The second-order valence-electron chi connectivity index (χ2n) is 7.57. The van der Waals surface area contributed by atoms with Gasteiger partial charge >= 0.3 is 5.97 Å². The predicted octanol–water partition coefficient (Wildman–Crippen LogP) is 4.56. The van der Waals surface area contributed by atoms with Crippen LogP contribution >= 0.6 is 11.3 Å². The SMILES string of the molecule is CCOC(=O)c1c(NC(=O)Cn2ncc3ccccc3c2=O)sc(C)c1-c1ccc(C)cc1. The van der Waals surface area contributed by atoms with Crippen LogP contribution < -0.4 is 10.9 Å². The van der Waals surface area contributed by atoms with Gasteiger partial charge in [-0.2, -0.15) is 5.10 Å². The number of ether oxygens (including phenoxy) is 1. The minimum Gasteiger partial charge on any atom is -0.462 e. The standard InChI is InChI=1S/C25H23N3O4S/c1-4-32-25(31)22-21(17-11-9-15(2)10-12-17)16(3)33-23(22)27-20(29)14-28-24(30)19-8-6-5-7-18(19)13-26-28/h5-13H,4,14H2,1-3H3,(H,27,29). The lowest BCUT2D eigenvalue weighted by atomic mass is 10.0. The average molecular weight is 462 g/mol. The van der Waals surface area contributed by atoms with Crippen LogP contribution in [-0.4, -0.2) is 28.3 Å². The van der Waals surface area contributed by atoms with E-state index in [1.54, 1.807) is 31.3 Å². The number of hydrogen-bond acceptors (Lipinski definition) is 6. The van der Waals surface area contributed by atoms with Crippen molar-refractivity contribution in [2.45, 2.75) is 27.3 Å². The molecule has 33 heavy (non-hydrogen) atoms. The fourth-order valence-electron chi connectivity index (χ4n) is 3.64. The van der Waals surface area contributed by atoms with Crippen molar-refractivity contribution < 1.29 is 14.3 Å². The zero-order valence-corrected chi connectivity index (χ0v) is 19.4. The number of fused-ring (bicyclic) bond motifs is 1. The van der Waals surface area contributed by atoms with E-state index in [0.29, 0.717) is 21.3 Å². The van der Waals surface area contributed by atoms with Crippen molar-refractivity contribution in [3.8, 4) is 11.1 Å². The van der Waals surface area contributed by atoms with Crippen molar-refractivity contribution in [3.63, 3.8) is 0 Å². The number of aromatic nitrogens is 2. The average Bonchev–Trinajstić information content (AvgIpc) is 3.12. The third-order valence-electron chi connectivity index (χ3n) is 5.21. The minimum atomic E-state index is -0.506. The largest absolute Gasteiger partial charge is 0.462 e. The van der Waals surface area contributed by atoms with E-state index in [0.717, 1.165) is 26.2 Å². The lowest BCUT2D eigenvalue weighted by Gasteiger charge is -2.10. The van der Waals surface area contributed by atoms with Crippen LogP contribution in [0.5, 0.6) is 0 Å². The molecule has 0 saturated carbocycles. The second-order valence-corrected chi connectivity index (χ2v) is 8.79. The van der Waals surface area contributed by atoms with Gasteiger partial charge in [0.05, 0.1) is 18.2 Å². The molecule has 0 aliphatic heterocycles. The van der Waals surface area contributed by atoms with Crippen LogP contribution in [-0.2, 0) is 16.1 Å². The first-order valence-electron chi connectivity index (χ1n) is 10.5. The van der Waals surface area contributed by atoms with Crippen LogP contribution in [0, 0.1) is 13.8 Å². The van der Waals surface area contributed by atoms with Crippen LogP contribution in [0.3, 0.4) is 0 Å². The summed E-state index contributed by atoms with van der Waals surface area (Å²) in [5.41, 5.74) is 2.66. The summed E-state index contributed by atoms with van der Waals surface area (Å²) in [6.07, 6.45) is 1.55. The Kier molecular flexibility index (Phi) is 6.37. The van der Waals surface area contributed by atoms with E-state index in [-0.39, 0.29) is 18.7 Å². The van der Waals surface area contributed by atoms with Crippen LogP contribution in [0.4, 0.5) is 5.00 Å². The second kappa shape index (κ2) is 9.38. The number of carbonyl (C=O) groups is 2. The van der Waals surface area contributed by atoms with E-state index < -0.39 is 11.9 Å². The van der Waals surface area contributed by atoms with Crippen LogP contribution in [0.1, 0.15) is 27.7 Å². The molecular weight excluding hydrogens is 438 g/mol. The maximum atomic E-state index is 12.8. The molecule has 0 unspecified atom stereocenters. The fourth-order valence-corrected chi connectivity index (χ4v) is 4.72. The molecule has 1 N–H and O–H groups in total. The van der Waals surface area contributed by atoms with Crippen LogP contribution in [0.2, 0.25) is 0 Å². The van der Waals surface area contributed by atoms with Crippen molar-refractivity contribution in [2.75, 3.05) is 11.9 Å². The number of thiophene rings is 1. The van der Waals surface area contributed by atoms with Gasteiger partial charge in [0, 0.05) is 15.8 Å². The summed E-state index contributed by atoms with van der Waals surface area (Å²) < 4.78 is 6.40. The number of esters is 1. The molecule has 0 fully saturated rings. The van der Waals surface area contributed by atoms with Crippen molar-refractivity contribution in [1.82, 2.24) is 9.78 Å². The Bertz CT molecular complexity index is 1400. The molecule has 168 valence electrons. The molecule has 2 aromatic heterocycles. The Morgan fingerprint density at radius 1 is 1.09 bits per heavy atom. The number of aryl methyl sites for hydroxylation is 2. The third-order valence-corrected chi connectivity index (χ3v) is 6.23. The molecule has 2 aromatic carbocycles. The first-order chi connectivity index (χ1) is 15.9. The van der Waals surface area contributed by atoms with E-state index in [4.69, 9.17) is 4.74 Å². The molecule has 0 aliphatic rings. The predicted molar refractivity (Wildman–Crippen MR) is 130 cm³/mol. The quantitative estimate of drug-likeness (QED) is 0.425. The number of carbonyl (C=O) groups excluding carboxylic acids is 2. The third kappa shape index (κ3) is 4.56. The molecule has 4 aromatic rings. The minimum absolute atomic E-state index is 0.213. The molecular formula is C25H23N3O4S. The van der Waals surface area contributed by atoms with E-state index in [2.05, 4.69) is 10.4 Å². The molecule has 0 radical (unpaired) electrons. The molecule has 0 spiro atoms. The number of benzene rings is 2. The maximum Gasteiger partial charge on any atom is 0.341 e. The highest BCUT2D eigenvalue weighted by molar-refractivity contribution is 7.17. The molecule has 8 heteroatoms. The molecule has 4 rings (SSSR count). The lowest BCUT2D eigenvalue weighted by molar-refractivity contribution is -0.116. The Morgan fingerprint density at radius 3 is 2.55 bits per heavy atom. The molecule has 0 aliphatic carbocycles. The van der Waals surface area contributed by atoms with E-state index in [9.17, 15) is 14.4 Å². The van der Waals surface area contributed by atoms with Gasteiger partial charge in [0.1, 0.15) is 17.1 Å². The summed E-state index contributed by atoms with van der Waals surface area (Å²) in [6, 6.07) is 14.9. The highest BCUT2D eigenvalue weighted by Crippen LogP contribution is 2.40. The smallest absolute Gasteiger partial charge is 0.341 e. The number of nitrogens with one attached hydrogen (secondary N) is 1. The van der Waals surface area contributed by atoms with E-state index >= 15 is 0 Å². The van der Waals surface area contributed by atoms with Gasteiger partial charge < -0.3 is 10.1 Å². The lowest BCUT2D eigenvalue weighted by Crippen LogP contribution is -2.29. The highest BCUT2D eigenvalue weighted by atomic mass is 32.1. The normalized spacial score (nSPS) is 10.9. The number of nitrogens with zero attached hydrogens (tertiary/aromatic N) is 2. The van der Waals surface area contributed by atoms with Crippen molar-refractivity contribution in [1.29, 1.82) is 0 Å². The van der Waals surface area contributed by atoms with Crippen molar-refractivity contribution >= 4 is 39.0 Å². The summed E-state index contributed by atoms with van der Waals surface area (Å²) in [6.45, 7) is 5.56. The first-order valence-corrected chi connectivity index (χ1v) is 11.3. The fraction of sp³-hybridized carbons (Fsp3) is 0.200. The summed E-state index contributed by atoms with van der Waals surface area (Å²) in [5, 5.41) is 8.49. The molecule has 7 nitrogen and oxygen atoms in total. The topological polar surface area (TPSA) is 90.3 Å². The highest BCUT2D eigenvalue weighted by Gasteiger charge is 2.25. The molecule has 1 amide bonds. The van der Waals surface area contributed by atoms with Gasteiger partial charge in [-0.1, -0.05) is 48.0 Å². The van der Waals surface area contributed by atoms with Crippen LogP contribution in [0.15, 0.2) is 59.5 Å². The van der Waals surface area contributed by atoms with Gasteiger partial charge in [-0.3, -0.25) is 9.59 Å². The monoisotopic (exact) mass is 461 g/mol. The first kappa shape index (κ1) is 22.4. The maximum absolute atomic E-state index is 12.8. The van der Waals surface area contributed by atoms with Gasteiger partial charge in [0.2, 0.25) is 5.91 Å². The zero-order valence-electron chi connectivity index (χ0n) is 18.5. The van der Waals surface area contributed by atoms with Gasteiger partial charge in [-0.05, 0) is 32.4 Å². The summed E-state index contributed by atoms with van der Waals surface area (Å²) >= 11 is 1.30. The molecule has 0 saturated heterocycles. The summed E-state index contributed by atoms with van der Waals surface area (Å²) in [4.78, 5) is 39.3. The van der Waals surface area contributed by atoms with E-state index in [1.165, 1.54) is 11.3 Å². The Morgan fingerprint density at radius 2 is 1.82 bits per heavy atom. The summed E-state index contributed by atoms with van der Waals surface area (Å²) in [5.74, 6) is -0.962. The van der Waals surface area contributed by atoms with Gasteiger partial charge in [-0.25, -0.2) is 9.48 Å². The Balaban J connectivity index is 1.67. The van der Waals surface area contributed by atoms with Gasteiger partial charge in [0.25, 0.3) is 5.56 Å². The molecule has 0 atom stereocenters. The Labute approximate surface area is 194 Å². The van der Waals surface area contributed by atoms with E-state index in [1.807, 2.05) is 44.2 Å². The van der Waals surface area contributed by atoms with Crippen molar-refractivity contribution in [2.24, 2.45) is 0 Å². The number of amides is 1. The van der Waals surface area contributed by atoms with Gasteiger partial charge in [-0.15, -0.1) is 11.3 Å². The molecule has 2 heterocycles. The molecule has 0 bridgehead atoms. The van der Waals surface area contributed by atoms with Gasteiger partial charge in [0.15, 0.2) is 0 Å².